The van der Waals surface area contributed by atoms with Crippen LogP contribution in [0.3, 0.4) is 0 Å². The normalized spacial score (nSPS) is 18.0. The van der Waals surface area contributed by atoms with Gasteiger partial charge in [0, 0.05) is 52.8 Å². The van der Waals surface area contributed by atoms with Gasteiger partial charge in [-0.15, -0.1) is 11.3 Å². The molecule has 1 amide bonds. The fourth-order valence-electron chi connectivity index (χ4n) is 5.23. The first-order valence-electron chi connectivity index (χ1n) is 11.2. The molecule has 31 heavy (non-hydrogen) atoms. The largest absolute Gasteiger partial charge is 0.337 e. The number of hydrogen-bond donors (Lipinski definition) is 1. The summed E-state index contributed by atoms with van der Waals surface area (Å²) in [6.07, 6.45) is 4.28. The first-order valence-corrected chi connectivity index (χ1v) is 12.0. The minimum Gasteiger partial charge on any atom is -0.337 e. The number of nitrogens with one attached hydrogen (secondary N) is 1. The molecule has 2 aliphatic heterocycles. The number of halogens is 1. The van der Waals surface area contributed by atoms with Gasteiger partial charge in [-0.1, -0.05) is 0 Å². The van der Waals surface area contributed by atoms with Gasteiger partial charge in [-0.3, -0.25) is 9.89 Å². The van der Waals surface area contributed by atoms with Crippen molar-refractivity contribution in [1.29, 1.82) is 0 Å². The van der Waals surface area contributed by atoms with Crippen molar-refractivity contribution in [3.05, 3.63) is 50.6 Å². The molecule has 0 atom stereocenters. The highest BCUT2D eigenvalue weighted by Crippen LogP contribution is 2.34. The second-order valence-electron chi connectivity index (χ2n) is 8.89. The third kappa shape index (κ3) is 4.01. The molecule has 0 bridgehead atoms. The van der Waals surface area contributed by atoms with Gasteiger partial charge in [-0.05, 0) is 69.0 Å². The number of H-pyrrole nitrogens is 1. The molecule has 5 nitrogen and oxygen atoms in total. The number of rotatable bonds is 4. The van der Waals surface area contributed by atoms with Crippen LogP contribution < -0.4 is 0 Å². The first kappa shape index (κ1) is 20.6. The second kappa shape index (κ2) is 8.36. The van der Waals surface area contributed by atoms with E-state index in [0.29, 0.717) is 5.92 Å². The smallest absolute Gasteiger partial charge is 0.219 e. The lowest BCUT2D eigenvalue weighted by Gasteiger charge is -2.32. The predicted octanol–water partition coefficient (Wildman–Crippen LogP) is 4.40. The number of thiophene rings is 1. The highest BCUT2D eigenvalue weighted by atomic mass is 32.1. The van der Waals surface area contributed by atoms with Gasteiger partial charge in [0.2, 0.25) is 5.91 Å². The van der Waals surface area contributed by atoms with E-state index in [-0.39, 0.29) is 11.7 Å². The molecule has 5 rings (SSSR count). The summed E-state index contributed by atoms with van der Waals surface area (Å²) in [5.74, 6) is 0.400. The van der Waals surface area contributed by atoms with Crippen LogP contribution >= 0.6 is 11.3 Å². The number of aromatic nitrogens is 2. The lowest BCUT2D eigenvalue weighted by molar-refractivity contribution is -0.129. The van der Waals surface area contributed by atoms with Crippen molar-refractivity contribution in [3.63, 3.8) is 0 Å². The standard InChI is InChI=1S/C24H29FN4OS/c1-15-19(20-8-12-29(16(2)30)14-23(20)31-15)7-11-28-9-5-17(6-10-28)24-21-4-3-18(25)13-22(21)26-27-24/h3-4,13,17H,5-12,14H2,1-2H3,(H,26,27). The average molecular weight is 441 g/mol. The molecule has 0 radical (unpaired) electrons. The minimum atomic E-state index is -0.236. The molecule has 0 saturated carbocycles. The van der Waals surface area contributed by atoms with Gasteiger partial charge in [0.1, 0.15) is 5.82 Å². The topological polar surface area (TPSA) is 52.2 Å². The number of aryl methyl sites for hydroxylation is 1. The third-order valence-electron chi connectivity index (χ3n) is 7.03. The number of nitrogens with zero attached hydrogens (tertiary/aromatic N) is 3. The molecule has 1 aromatic carbocycles. The quantitative estimate of drug-likeness (QED) is 0.654. The monoisotopic (exact) mass is 440 g/mol. The third-order valence-corrected chi connectivity index (χ3v) is 8.21. The SMILES string of the molecule is CC(=O)N1CCc2c(sc(C)c2CCN2CCC(c3[nH]nc4cc(F)ccc34)CC2)C1. The zero-order valence-corrected chi connectivity index (χ0v) is 19.0. The highest BCUT2D eigenvalue weighted by molar-refractivity contribution is 7.12. The van der Waals surface area contributed by atoms with Crippen molar-refractivity contribution >= 4 is 28.1 Å². The maximum absolute atomic E-state index is 13.5. The molecule has 164 valence electrons. The van der Waals surface area contributed by atoms with Crippen LogP contribution in [0.5, 0.6) is 0 Å². The lowest BCUT2D eigenvalue weighted by Crippen LogP contribution is -2.35. The summed E-state index contributed by atoms with van der Waals surface area (Å²) in [4.78, 5) is 19.1. The summed E-state index contributed by atoms with van der Waals surface area (Å²) in [6, 6.07) is 4.88. The van der Waals surface area contributed by atoms with Gasteiger partial charge < -0.3 is 9.80 Å². The van der Waals surface area contributed by atoms with Crippen LogP contribution in [0.2, 0.25) is 0 Å². The van der Waals surface area contributed by atoms with E-state index in [1.807, 2.05) is 22.3 Å². The number of piperidine rings is 1. The van der Waals surface area contributed by atoms with E-state index in [1.165, 1.54) is 33.0 Å². The Hall–Kier alpha value is -2.25. The number of likely N-dealkylation sites (tertiary alicyclic amines) is 1. The highest BCUT2D eigenvalue weighted by Gasteiger charge is 2.26. The number of amides is 1. The molecule has 2 aromatic heterocycles. The Balaban J connectivity index is 1.20. The van der Waals surface area contributed by atoms with E-state index in [2.05, 4.69) is 22.0 Å². The van der Waals surface area contributed by atoms with Crippen LogP contribution in [0, 0.1) is 12.7 Å². The van der Waals surface area contributed by atoms with Gasteiger partial charge in [0.15, 0.2) is 0 Å². The summed E-state index contributed by atoms with van der Waals surface area (Å²) in [5, 5.41) is 8.54. The van der Waals surface area contributed by atoms with Crippen LogP contribution in [-0.2, 0) is 24.2 Å². The maximum atomic E-state index is 13.5. The average Bonchev–Trinajstić information content (AvgIpc) is 3.31. The van der Waals surface area contributed by atoms with Crippen LogP contribution in [0.4, 0.5) is 4.39 Å². The van der Waals surface area contributed by atoms with E-state index in [9.17, 15) is 9.18 Å². The van der Waals surface area contributed by atoms with Gasteiger partial charge in [-0.2, -0.15) is 5.10 Å². The Bertz CT molecular complexity index is 1110. The number of hydrogen-bond acceptors (Lipinski definition) is 4. The zero-order chi connectivity index (χ0) is 21.5. The minimum absolute atomic E-state index is 0.177. The molecule has 3 aromatic rings. The second-order valence-corrected chi connectivity index (χ2v) is 10.2. The summed E-state index contributed by atoms with van der Waals surface area (Å²) >= 11 is 1.88. The molecule has 1 fully saturated rings. The van der Waals surface area contributed by atoms with E-state index in [0.717, 1.165) is 75.0 Å². The van der Waals surface area contributed by atoms with Gasteiger partial charge in [0.25, 0.3) is 0 Å². The van der Waals surface area contributed by atoms with E-state index in [4.69, 9.17) is 0 Å². The summed E-state index contributed by atoms with van der Waals surface area (Å²) in [7, 11) is 0. The summed E-state index contributed by atoms with van der Waals surface area (Å²) < 4.78 is 13.5. The van der Waals surface area contributed by atoms with Crippen LogP contribution in [0.25, 0.3) is 10.9 Å². The van der Waals surface area contributed by atoms with Gasteiger partial charge in [0.05, 0.1) is 12.1 Å². The van der Waals surface area contributed by atoms with E-state index in [1.54, 1.807) is 6.92 Å². The van der Waals surface area contributed by atoms with Crippen molar-refractivity contribution in [2.24, 2.45) is 0 Å². The Morgan fingerprint density at radius 1 is 1.29 bits per heavy atom. The number of carbonyl (C=O) groups is 1. The molecule has 0 unspecified atom stereocenters. The van der Waals surface area contributed by atoms with Crippen molar-refractivity contribution in [2.45, 2.75) is 52.0 Å². The van der Waals surface area contributed by atoms with Gasteiger partial charge in [-0.25, -0.2) is 4.39 Å². The molecular formula is C24H29FN4OS. The molecule has 0 spiro atoms. The zero-order valence-electron chi connectivity index (χ0n) is 18.2. The lowest BCUT2D eigenvalue weighted by atomic mass is 9.91. The maximum Gasteiger partial charge on any atom is 0.219 e. The fourth-order valence-corrected chi connectivity index (χ4v) is 6.52. The molecule has 0 aliphatic carbocycles. The Morgan fingerprint density at radius 3 is 2.87 bits per heavy atom. The molecule has 4 heterocycles. The fraction of sp³-hybridized carbons (Fsp3) is 0.500. The first-order chi connectivity index (χ1) is 15.0. The molecule has 1 saturated heterocycles. The van der Waals surface area contributed by atoms with Crippen molar-refractivity contribution < 1.29 is 9.18 Å². The van der Waals surface area contributed by atoms with E-state index < -0.39 is 0 Å². The summed E-state index contributed by atoms with van der Waals surface area (Å²) in [5.41, 5.74) is 4.91. The molecular weight excluding hydrogens is 411 g/mol. The summed E-state index contributed by atoms with van der Waals surface area (Å²) in [6.45, 7) is 8.77. The predicted molar refractivity (Wildman–Crippen MR) is 122 cm³/mol. The number of aromatic amines is 1. The van der Waals surface area contributed by atoms with Crippen molar-refractivity contribution in [2.75, 3.05) is 26.2 Å². The van der Waals surface area contributed by atoms with Crippen molar-refractivity contribution in [1.82, 2.24) is 20.0 Å². The molecule has 2 aliphatic rings. The molecule has 1 N–H and O–H groups in total. The Morgan fingerprint density at radius 2 is 2.10 bits per heavy atom. The number of carbonyl (C=O) groups excluding carboxylic acids is 1. The van der Waals surface area contributed by atoms with Crippen molar-refractivity contribution in [3.8, 4) is 0 Å². The number of benzene rings is 1. The van der Waals surface area contributed by atoms with Gasteiger partial charge >= 0.3 is 0 Å². The Kier molecular flexibility index (Phi) is 5.56. The van der Waals surface area contributed by atoms with Crippen LogP contribution in [0.1, 0.15) is 52.3 Å². The Labute approximate surface area is 186 Å². The number of fused-ring (bicyclic) bond motifs is 2. The molecule has 7 heteroatoms. The van der Waals surface area contributed by atoms with Crippen LogP contribution in [0.15, 0.2) is 18.2 Å². The van der Waals surface area contributed by atoms with E-state index >= 15 is 0 Å². The van der Waals surface area contributed by atoms with Crippen LogP contribution in [-0.4, -0.2) is 52.1 Å².